The molecular formula is C21H25N7O. The largest absolute Gasteiger partial charge is 0.369 e. The van der Waals surface area contributed by atoms with E-state index in [0.717, 1.165) is 43.0 Å². The van der Waals surface area contributed by atoms with Crippen LogP contribution in [0.25, 0.3) is 11.1 Å². The summed E-state index contributed by atoms with van der Waals surface area (Å²) in [6.45, 7) is 4.17. The van der Waals surface area contributed by atoms with Gasteiger partial charge in [0.1, 0.15) is 0 Å². The first-order chi connectivity index (χ1) is 14.0. The first kappa shape index (κ1) is 18.9. The zero-order valence-corrected chi connectivity index (χ0v) is 16.7. The van der Waals surface area contributed by atoms with Gasteiger partial charge < -0.3 is 20.9 Å². The highest BCUT2D eigenvalue weighted by Gasteiger charge is 2.15. The van der Waals surface area contributed by atoms with Crippen LogP contribution in [-0.2, 0) is 7.05 Å². The minimum absolute atomic E-state index is 0.209. The maximum atomic E-state index is 11.8. The predicted octanol–water partition coefficient (Wildman–Crippen LogP) is 2.08. The molecule has 3 N–H and O–H groups in total. The van der Waals surface area contributed by atoms with Gasteiger partial charge in [0.05, 0.1) is 11.9 Å². The molecule has 0 saturated carbocycles. The molecule has 0 bridgehead atoms. The topological polar surface area (TPSA) is 92.3 Å². The molecule has 29 heavy (non-hydrogen) atoms. The Morgan fingerprint density at radius 3 is 2.38 bits per heavy atom. The van der Waals surface area contributed by atoms with Gasteiger partial charge in [-0.3, -0.25) is 9.48 Å². The molecule has 1 aromatic carbocycles. The summed E-state index contributed by atoms with van der Waals surface area (Å²) < 4.78 is 1.72. The average molecular weight is 391 g/mol. The fourth-order valence-electron chi connectivity index (χ4n) is 3.46. The van der Waals surface area contributed by atoms with Crippen molar-refractivity contribution < 1.29 is 4.79 Å². The Morgan fingerprint density at radius 2 is 1.76 bits per heavy atom. The van der Waals surface area contributed by atoms with Gasteiger partial charge in [0.2, 0.25) is 0 Å². The van der Waals surface area contributed by atoms with Gasteiger partial charge in [0.15, 0.2) is 5.69 Å². The highest BCUT2D eigenvalue weighted by Crippen LogP contribution is 2.27. The summed E-state index contributed by atoms with van der Waals surface area (Å²) in [6.07, 6.45) is 5.30. The van der Waals surface area contributed by atoms with Crippen molar-refractivity contribution in [2.75, 3.05) is 43.4 Å². The van der Waals surface area contributed by atoms with Gasteiger partial charge in [-0.1, -0.05) is 0 Å². The number of carbonyl (C=O) groups is 1. The fraction of sp³-hybridized carbons (Fsp3) is 0.286. The summed E-state index contributed by atoms with van der Waals surface area (Å²) >= 11 is 0. The first-order valence-corrected chi connectivity index (χ1v) is 9.59. The number of piperazine rings is 1. The summed E-state index contributed by atoms with van der Waals surface area (Å²) in [5.41, 5.74) is 10.2. The molecule has 1 amide bonds. The van der Waals surface area contributed by atoms with Gasteiger partial charge >= 0.3 is 0 Å². The van der Waals surface area contributed by atoms with E-state index >= 15 is 0 Å². The molecule has 1 aliphatic rings. The van der Waals surface area contributed by atoms with Crippen LogP contribution in [0.1, 0.15) is 10.5 Å². The quantitative estimate of drug-likeness (QED) is 0.692. The Hall–Kier alpha value is -3.39. The SMILES string of the molecule is CN1CCN(c2ccc(Nc3cc(-c4cnn(C)c4)cnc3C(N)=O)cc2)CC1. The normalized spacial score (nSPS) is 14.8. The van der Waals surface area contributed by atoms with E-state index < -0.39 is 5.91 Å². The van der Waals surface area contributed by atoms with Crippen LogP contribution >= 0.6 is 0 Å². The van der Waals surface area contributed by atoms with Gasteiger partial charge in [-0.25, -0.2) is 4.98 Å². The lowest BCUT2D eigenvalue weighted by atomic mass is 10.1. The molecule has 0 radical (unpaired) electrons. The highest BCUT2D eigenvalue weighted by atomic mass is 16.1. The molecule has 3 aromatic rings. The Kier molecular flexibility index (Phi) is 5.18. The summed E-state index contributed by atoms with van der Waals surface area (Å²) in [7, 11) is 4.00. The van der Waals surface area contributed by atoms with Crippen molar-refractivity contribution in [3.05, 3.63) is 54.6 Å². The summed E-state index contributed by atoms with van der Waals surface area (Å²) in [5, 5.41) is 7.48. The molecule has 8 heteroatoms. The zero-order chi connectivity index (χ0) is 20.4. The smallest absolute Gasteiger partial charge is 0.269 e. The van der Waals surface area contributed by atoms with Crippen LogP contribution < -0.4 is 16.0 Å². The maximum Gasteiger partial charge on any atom is 0.269 e. The molecule has 4 rings (SSSR count). The number of rotatable bonds is 5. The van der Waals surface area contributed by atoms with Crippen LogP contribution in [0.4, 0.5) is 17.1 Å². The van der Waals surface area contributed by atoms with Crippen molar-refractivity contribution in [2.24, 2.45) is 12.8 Å². The minimum atomic E-state index is -0.570. The van der Waals surface area contributed by atoms with E-state index in [1.165, 1.54) is 5.69 Å². The number of nitrogens with one attached hydrogen (secondary N) is 1. The number of nitrogens with two attached hydrogens (primary N) is 1. The standard InChI is InChI=1S/C21H25N7O/c1-26-7-9-28(10-8-26)18-5-3-17(4-6-18)25-19-11-15(12-23-20(19)21(22)29)16-13-24-27(2)14-16/h3-6,11-14,25H,7-10H2,1-2H3,(H2,22,29). The summed E-state index contributed by atoms with van der Waals surface area (Å²) in [4.78, 5) is 20.8. The lowest BCUT2D eigenvalue weighted by Crippen LogP contribution is -2.44. The number of hydrogen-bond donors (Lipinski definition) is 2. The number of amides is 1. The van der Waals surface area contributed by atoms with Gasteiger partial charge in [0, 0.05) is 68.1 Å². The monoisotopic (exact) mass is 391 g/mol. The fourth-order valence-corrected chi connectivity index (χ4v) is 3.46. The van der Waals surface area contributed by atoms with Crippen molar-refractivity contribution in [3.8, 4) is 11.1 Å². The Morgan fingerprint density at radius 1 is 1.03 bits per heavy atom. The van der Waals surface area contributed by atoms with Crippen LogP contribution in [0.3, 0.4) is 0 Å². The van der Waals surface area contributed by atoms with Gasteiger partial charge in [0.25, 0.3) is 5.91 Å². The third-order valence-electron chi connectivity index (χ3n) is 5.17. The molecule has 3 heterocycles. The van der Waals surface area contributed by atoms with Crippen molar-refractivity contribution in [2.45, 2.75) is 0 Å². The van der Waals surface area contributed by atoms with Crippen molar-refractivity contribution in [1.29, 1.82) is 0 Å². The van der Waals surface area contributed by atoms with E-state index in [2.05, 4.69) is 44.4 Å². The second kappa shape index (κ2) is 7.92. The Balaban J connectivity index is 1.57. The molecule has 0 atom stereocenters. The number of carbonyl (C=O) groups excluding carboxylic acids is 1. The molecule has 0 spiro atoms. The number of primary amides is 1. The minimum Gasteiger partial charge on any atom is -0.369 e. The van der Waals surface area contributed by atoms with Crippen LogP contribution in [0.5, 0.6) is 0 Å². The van der Waals surface area contributed by atoms with Gasteiger partial charge in [-0.15, -0.1) is 0 Å². The lowest BCUT2D eigenvalue weighted by Gasteiger charge is -2.34. The predicted molar refractivity (Wildman–Crippen MR) is 114 cm³/mol. The molecule has 0 aliphatic carbocycles. The lowest BCUT2D eigenvalue weighted by molar-refractivity contribution is 0.0996. The number of hydrogen-bond acceptors (Lipinski definition) is 6. The number of aromatic nitrogens is 3. The number of pyridine rings is 1. The number of nitrogens with zero attached hydrogens (tertiary/aromatic N) is 5. The van der Waals surface area contributed by atoms with Gasteiger partial charge in [-0.2, -0.15) is 5.10 Å². The van der Waals surface area contributed by atoms with E-state index in [-0.39, 0.29) is 5.69 Å². The van der Waals surface area contributed by atoms with E-state index in [1.54, 1.807) is 17.1 Å². The number of likely N-dealkylation sites (N-methyl/N-ethyl adjacent to an activating group) is 1. The van der Waals surface area contributed by atoms with Crippen LogP contribution in [0, 0.1) is 0 Å². The molecule has 8 nitrogen and oxygen atoms in total. The molecule has 2 aromatic heterocycles. The molecular weight excluding hydrogens is 366 g/mol. The second-order valence-corrected chi connectivity index (χ2v) is 7.35. The zero-order valence-electron chi connectivity index (χ0n) is 16.7. The van der Waals surface area contributed by atoms with Crippen molar-refractivity contribution in [3.63, 3.8) is 0 Å². The van der Waals surface area contributed by atoms with E-state index in [1.807, 2.05) is 31.4 Å². The maximum absolute atomic E-state index is 11.8. The third-order valence-corrected chi connectivity index (χ3v) is 5.17. The van der Waals surface area contributed by atoms with Crippen molar-refractivity contribution >= 4 is 23.0 Å². The first-order valence-electron chi connectivity index (χ1n) is 9.59. The second-order valence-electron chi connectivity index (χ2n) is 7.35. The molecule has 0 unspecified atom stereocenters. The van der Waals surface area contributed by atoms with Crippen LogP contribution in [0.2, 0.25) is 0 Å². The Labute approximate surface area is 169 Å². The van der Waals surface area contributed by atoms with E-state index in [4.69, 9.17) is 5.73 Å². The number of anilines is 3. The summed E-state index contributed by atoms with van der Waals surface area (Å²) in [5.74, 6) is -0.570. The van der Waals surface area contributed by atoms with Gasteiger partial charge in [-0.05, 0) is 37.4 Å². The third kappa shape index (κ3) is 4.22. The molecule has 1 saturated heterocycles. The molecule has 1 aliphatic heterocycles. The number of benzene rings is 1. The molecule has 1 fully saturated rings. The van der Waals surface area contributed by atoms with E-state index in [0.29, 0.717) is 5.69 Å². The van der Waals surface area contributed by atoms with Crippen molar-refractivity contribution in [1.82, 2.24) is 19.7 Å². The summed E-state index contributed by atoms with van der Waals surface area (Å²) in [6, 6.07) is 10.1. The van der Waals surface area contributed by atoms with Crippen LogP contribution in [-0.4, -0.2) is 58.8 Å². The highest BCUT2D eigenvalue weighted by molar-refractivity contribution is 5.98. The number of aryl methyl sites for hydroxylation is 1. The molecule has 150 valence electrons. The average Bonchev–Trinajstić information content (AvgIpc) is 3.15. The Bertz CT molecular complexity index is 1000. The van der Waals surface area contributed by atoms with E-state index in [9.17, 15) is 4.79 Å². The van der Waals surface area contributed by atoms with Crippen LogP contribution in [0.15, 0.2) is 48.9 Å².